The second-order valence-electron chi connectivity index (χ2n) is 10.0. The van der Waals surface area contributed by atoms with E-state index in [0.717, 1.165) is 12.0 Å². The molecular weight excluding hydrogens is 440 g/mol. The minimum atomic E-state index is -1.56. The van der Waals surface area contributed by atoms with E-state index in [9.17, 15) is 19.5 Å². The number of benzene rings is 1. The maximum Gasteiger partial charge on any atom is 0.411 e. The number of likely N-dealkylation sites (tertiary alicyclic amines) is 1. The van der Waals surface area contributed by atoms with E-state index < -0.39 is 41.1 Å². The van der Waals surface area contributed by atoms with Crippen LogP contribution < -0.4 is 0 Å². The highest BCUT2D eigenvalue weighted by Gasteiger charge is 2.63. The Balaban J connectivity index is 2.10. The van der Waals surface area contributed by atoms with Crippen molar-refractivity contribution in [3.05, 3.63) is 54.2 Å². The predicted molar refractivity (Wildman–Crippen MR) is 121 cm³/mol. The van der Waals surface area contributed by atoms with Crippen LogP contribution in [0, 0.1) is 11.8 Å². The summed E-state index contributed by atoms with van der Waals surface area (Å²) >= 11 is 0. The van der Waals surface area contributed by atoms with Gasteiger partial charge >= 0.3 is 18.0 Å². The highest BCUT2D eigenvalue weighted by Crippen LogP contribution is 2.51. The number of carbonyl (C=O) groups excluding carboxylic acids is 2. The Morgan fingerprint density at radius 1 is 1.24 bits per heavy atom. The SMILES string of the molecule is CC(C)C[C@]1(C(=O)OC(C)(C)C)C[C@H](C(=O)O)[C@@H](c2cnco2)N1C(=O)OCc1ccccc1. The molecule has 184 valence electrons. The summed E-state index contributed by atoms with van der Waals surface area (Å²) in [4.78, 5) is 44.7. The van der Waals surface area contributed by atoms with Gasteiger partial charge in [0.1, 0.15) is 29.5 Å². The first-order chi connectivity index (χ1) is 15.9. The van der Waals surface area contributed by atoms with Gasteiger partial charge in [-0.1, -0.05) is 44.2 Å². The fourth-order valence-electron chi connectivity index (χ4n) is 4.51. The van der Waals surface area contributed by atoms with Gasteiger partial charge in [-0.15, -0.1) is 0 Å². The van der Waals surface area contributed by atoms with Gasteiger partial charge in [0, 0.05) is 0 Å². The average Bonchev–Trinajstić information content (AvgIpc) is 3.38. The van der Waals surface area contributed by atoms with E-state index in [1.54, 1.807) is 32.9 Å². The number of carbonyl (C=O) groups is 3. The molecule has 0 spiro atoms. The number of esters is 1. The Bertz CT molecular complexity index is 998. The number of carboxylic acids is 1. The zero-order valence-corrected chi connectivity index (χ0v) is 20.2. The van der Waals surface area contributed by atoms with Crippen molar-refractivity contribution in [2.24, 2.45) is 11.8 Å². The maximum absolute atomic E-state index is 13.7. The minimum absolute atomic E-state index is 0.0386. The smallest absolute Gasteiger partial charge is 0.411 e. The van der Waals surface area contributed by atoms with Crippen LogP contribution in [-0.4, -0.2) is 44.2 Å². The average molecular weight is 473 g/mol. The van der Waals surface area contributed by atoms with E-state index in [-0.39, 0.29) is 31.1 Å². The van der Waals surface area contributed by atoms with Crippen LogP contribution in [0.15, 0.2) is 47.3 Å². The van der Waals surface area contributed by atoms with E-state index in [4.69, 9.17) is 13.9 Å². The van der Waals surface area contributed by atoms with Crippen LogP contribution in [0.4, 0.5) is 4.79 Å². The number of hydrogen-bond acceptors (Lipinski definition) is 7. The van der Waals surface area contributed by atoms with Gasteiger partial charge in [-0.2, -0.15) is 0 Å². The second-order valence-corrected chi connectivity index (χ2v) is 10.0. The largest absolute Gasteiger partial charge is 0.481 e. The molecule has 0 radical (unpaired) electrons. The minimum Gasteiger partial charge on any atom is -0.481 e. The molecule has 9 nitrogen and oxygen atoms in total. The number of nitrogens with zero attached hydrogens (tertiary/aromatic N) is 2. The fraction of sp³-hybridized carbons (Fsp3) is 0.520. The summed E-state index contributed by atoms with van der Waals surface area (Å²) in [6.07, 6.45) is 1.76. The number of hydrogen-bond donors (Lipinski definition) is 1. The Labute approximate surface area is 199 Å². The van der Waals surface area contributed by atoms with Crippen molar-refractivity contribution in [2.45, 2.75) is 71.2 Å². The number of ether oxygens (including phenoxy) is 2. The van der Waals surface area contributed by atoms with Gasteiger partial charge in [-0.3, -0.25) is 9.69 Å². The molecule has 9 heteroatoms. The lowest BCUT2D eigenvalue weighted by molar-refractivity contribution is -0.169. The molecule has 1 saturated heterocycles. The maximum atomic E-state index is 13.7. The van der Waals surface area contributed by atoms with Crippen molar-refractivity contribution < 1.29 is 33.4 Å². The van der Waals surface area contributed by atoms with Gasteiger partial charge < -0.3 is 19.0 Å². The monoisotopic (exact) mass is 472 g/mol. The molecule has 1 aromatic heterocycles. The third-order valence-electron chi connectivity index (χ3n) is 5.66. The molecule has 34 heavy (non-hydrogen) atoms. The predicted octanol–water partition coefficient (Wildman–Crippen LogP) is 4.59. The molecule has 1 fully saturated rings. The van der Waals surface area contributed by atoms with E-state index >= 15 is 0 Å². The van der Waals surface area contributed by atoms with Crippen molar-refractivity contribution in [3.8, 4) is 0 Å². The Hall–Kier alpha value is -3.36. The quantitative estimate of drug-likeness (QED) is 0.581. The molecule has 3 atom stereocenters. The molecule has 1 aliphatic rings. The number of rotatable bonds is 7. The van der Waals surface area contributed by atoms with Gasteiger partial charge in [-0.25, -0.2) is 14.6 Å². The lowest BCUT2D eigenvalue weighted by atomic mass is 9.83. The first-order valence-electron chi connectivity index (χ1n) is 11.3. The summed E-state index contributed by atoms with van der Waals surface area (Å²) < 4.78 is 16.8. The first kappa shape index (κ1) is 25.3. The lowest BCUT2D eigenvalue weighted by Gasteiger charge is -2.40. The summed E-state index contributed by atoms with van der Waals surface area (Å²) in [5.74, 6) is -2.84. The van der Waals surface area contributed by atoms with Crippen LogP contribution in [0.5, 0.6) is 0 Å². The number of amides is 1. The van der Waals surface area contributed by atoms with Crippen molar-refractivity contribution in [1.82, 2.24) is 9.88 Å². The van der Waals surface area contributed by atoms with E-state index in [1.165, 1.54) is 11.1 Å². The highest BCUT2D eigenvalue weighted by atomic mass is 16.6. The summed E-state index contributed by atoms with van der Waals surface area (Å²) in [6.45, 7) is 8.94. The summed E-state index contributed by atoms with van der Waals surface area (Å²) in [5.41, 5.74) is -1.65. The van der Waals surface area contributed by atoms with Gasteiger partial charge in [-0.05, 0) is 45.1 Å². The Morgan fingerprint density at radius 2 is 1.91 bits per heavy atom. The van der Waals surface area contributed by atoms with Crippen molar-refractivity contribution >= 4 is 18.0 Å². The molecule has 0 saturated carbocycles. The zero-order chi connectivity index (χ0) is 25.1. The van der Waals surface area contributed by atoms with Crippen LogP contribution >= 0.6 is 0 Å². The van der Waals surface area contributed by atoms with Crippen molar-refractivity contribution in [1.29, 1.82) is 0 Å². The number of oxazole rings is 1. The molecule has 3 rings (SSSR count). The normalized spacial score (nSPS) is 22.6. The summed E-state index contributed by atoms with van der Waals surface area (Å²) in [7, 11) is 0. The van der Waals surface area contributed by atoms with E-state index in [2.05, 4.69) is 4.98 Å². The standard InChI is InChI=1S/C25H32N2O7/c1-16(2)11-25(22(30)34-24(3,4)5)12-18(21(28)29)20(19-13-26-15-33-19)27(25)23(31)32-14-17-9-7-6-8-10-17/h6-10,13,15-16,18,20H,11-12,14H2,1-5H3,(H,28,29)/t18-,20-,25+/m0/s1. The summed E-state index contributed by atoms with van der Waals surface area (Å²) in [5, 5.41) is 10.1. The van der Waals surface area contributed by atoms with Crippen LogP contribution in [-0.2, 0) is 25.7 Å². The molecular formula is C25H32N2O7. The number of carboxylic acid groups (broad SMARTS) is 1. The lowest BCUT2D eigenvalue weighted by Crippen LogP contribution is -2.56. The zero-order valence-electron chi connectivity index (χ0n) is 20.2. The topological polar surface area (TPSA) is 119 Å². The third-order valence-corrected chi connectivity index (χ3v) is 5.66. The van der Waals surface area contributed by atoms with Crippen LogP contribution in [0.3, 0.4) is 0 Å². The molecule has 1 aromatic carbocycles. The molecule has 2 aromatic rings. The van der Waals surface area contributed by atoms with Crippen LogP contribution in [0.2, 0.25) is 0 Å². The van der Waals surface area contributed by atoms with Gasteiger partial charge in [0.15, 0.2) is 6.39 Å². The molecule has 1 N–H and O–H groups in total. The van der Waals surface area contributed by atoms with Gasteiger partial charge in [0.05, 0.1) is 12.1 Å². The molecule has 1 aliphatic heterocycles. The molecule has 2 heterocycles. The highest BCUT2D eigenvalue weighted by molar-refractivity contribution is 5.89. The van der Waals surface area contributed by atoms with E-state index in [1.807, 2.05) is 32.0 Å². The van der Waals surface area contributed by atoms with Crippen LogP contribution in [0.25, 0.3) is 0 Å². The molecule has 0 unspecified atom stereocenters. The van der Waals surface area contributed by atoms with Gasteiger partial charge in [0.2, 0.25) is 0 Å². The summed E-state index contributed by atoms with van der Waals surface area (Å²) in [6, 6.07) is 8.01. The van der Waals surface area contributed by atoms with E-state index in [0.29, 0.717) is 0 Å². The number of aromatic nitrogens is 1. The molecule has 1 amide bonds. The fourth-order valence-corrected chi connectivity index (χ4v) is 4.51. The molecule has 0 bridgehead atoms. The Morgan fingerprint density at radius 3 is 2.44 bits per heavy atom. The Kier molecular flexibility index (Phi) is 7.33. The molecule has 0 aliphatic carbocycles. The first-order valence-corrected chi connectivity index (χ1v) is 11.3. The van der Waals surface area contributed by atoms with Crippen molar-refractivity contribution in [3.63, 3.8) is 0 Å². The van der Waals surface area contributed by atoms with Crippen LogP contribution in [0.1, 0.15) is 64.8 Å². The van der Waals surface area contributed by atoms with Crippen molar-refractivity contribution in [2.75, 3.05) is 0 Å². The second kappa shape index (κ2) is 9.87. The van der Waals surface area contributed by atoms with Gasteiger partial charge in [0.25, 0.3) is 0 Å². The number of aliphatic carboxylic acids is 1. The third kappa shape index (κ3) is 5.40.